The minimum Gasteiger partial charge on any atom is -0.480 e. The molecule has 0 aliphatic heterocycles. The topological polar surface area (TPSA) is 101 Å². The quantitative estimate of drug-likeness (QED) is 0.342. The number of nitrogens with one attached hydrogen (secondary N) is 1. The maximum absolute atomic E-state index is 9.87. The largest absolute Gasteiger partial charge is 0.480 e. The SMILES string of the molecule is CC(N)(N)NCC(=O)O. The molecule has 0 saturated heterocycles. The number of aliphatic carboxylic acids is 1. The highest BCUT2D eigenvalue weighted by Crippen LogP contribution is 1.76. The van der Waals surface area contributed by atoms with E-state index in [4.69, 9.17) is 16.6 Å². The van der Waals surface area contributed by atoms with E-state index in [9.17, 15) is 4.79 Å². The first-order valence-corrected chi connectivity index (χ1v) is 2.46. The fraction of sp³-hybridized carbons (Fsp3) is 0.750. The van der Waals surface area contributed by atoms with Crippen LogP contribution in [0.2, 0.25) is 0 Å². The number of nitrogens with two attached hydrogens (primary N) is 2. The second-order valence-corrected chi connectivity index (χ2v) is 2.03. The number of rotatable bonds is 3. The van der Waals surface area contributed by atoms with Gasteiger partial charge in [0.1, 0.15) is 5.79 Å². The van der Waals surface area contributed by atoms with Crippen LogP contribution >= 0.6 is 0 Å². The molecule has 5 nitrogen and oxygen atoms in total. The molecule has 5 heteroatoms. The van der Waals surface area contributed by atoms with Gasteiger partial charge in [0.2, 0.25) is 0 Å². The molecule has 0 amide bonds. The maximum atomic E-state index is 9.87. The zero-order valence-corrected chi connectivity index (χ0v) is 5.22. The fourth-order valence-electron chi connectivity index (χ4n) is 0.266. The molecule has 0 aromatic rings. The molecular weight excluding hydrogens is 122 g/mol. The Kier molecular flexibility index (Phi) is 2.57. The summed E-state index contributed by atoms with van der Waals surface area (Å²) < 4.78 is 0. The van der Waals surface area contributed by atoms with Gasteiger partial charge in [-0.1, -0.05) is 0 Å². The van der Waals surface area contributed by atoms with Gasteiger partial charge in [-0.3, -0.25) is 10.1 Å². The molecule has 0 radical (unpaired) electrons. The van der Waals surface area contributed by atoms with Crippen molar-refractivity contribution in [3.63, 3.8) is 0 Å². The van der Waals surface area contributed by atoms with E-state index in [2.05, 4.69) is 5.32 Å². The number of carbonyl (C=O) groups is 1. The first-order valence-electron chi connectivity index (χ1n) is 2.46. The number of carboxylic acid groups (broad SMARTS) is 1. The lowest BCUT2D eigenvalue weighted by Crippen LogP contribution is -2.59. The lowest BCUT2D eigenvalue weighted by atomic mass is 10.4. The first kappa shape index (κ1) is 8.35. The normalized spacial score (nSPS) is 11.4. The Labute approximate surface area is 53.0 Å². The lowest BCUT2D eigenvalue weighted by molar-refractivity contribution is -0.136. The Bertz CT molecular complexity index is 107. The molecule has 0 aromatic carbocycles. The highest BCUT2D eigenvalue weighted by atomic mass is 16.4. The van der Waals surface area contributed by atoms with Crippen molar-refractivity contribution >= 4 is 5.97 Å². The molecule has 0 unspecified atom stereocenters. The van der Waals surface area contributed by atoms with E-state index in [0.29, 0.717) is 0 Å². The van der Waals surface area contributed by atoms with Crippen LogP contribution in [0.4, 0.5) is 0 Å². The minimum absolute atomic E-state index is 0.219. The summed E-state index contributed by atoms with van der Waals surface area (Å²) in [6.07, 6.45) is 0. The van der Waals surface area contributed by atoms with E-state index in [1.54, 1.807) is 0 Å². The molecule has 0 aromatic heterocycles. The van der Waals surface area contributed by atoms with Crippen LogP contribution in [0.5, 0.6) is 0 Å². The fourth-order valence-corrected chi connectivity index (χ4v) is 0.266. The summed E-state index contributed by atoms with van der Waals surface area (Å²) in [5, 5.41) is 10.5. The van der Waals surface area contributed by atoms with Gasteiger partial charge in [0.15, 0.2) is 0 Å². The van der Waals surface area contributed by atoms with Gasteiger partial charge in [0, 0.05) is 0 Å². The van der Waals surface area contributed by atoms with Crippen LogP contribution in [0.3, 0.4) is 0 Å². The predicted molar refractivity (Wildman–Crippen MR) is 32.4 cm³/mol. The summed E-state index contributed by atoms with van der Waals surface area (Å²) in [5.41, 5.74) is 10.4. The molecule has 0 spiro atoms. The van der Waals surface area contributed by atoms with Gasteiger partial charge < -0.3 is 16.6 Å². The highest BCUT2D eigenvalue weighted by Gasteiger charge is 2.10. The van der Waals surface area contributed by atoms with Crippen molar-refractivity contribution in [2.45, 2.75) is 12.7 Å². The second-order valence-electron chi connectivity index (χ2n) is 2.03. The molecule has 0 rings (SSSR count). The highest BCUT2D eigenvalue weighted by molar-refractivity contribution is 5.69. The summed E-state index contributed by atoms with van der Waals surface area (Å²) in [5.74, 6) is -2.07. The summed E-state index contributed by atoms with van der Waals surface area (Å²) in [6.45, 7) is 1.26. The van der Waals surface area contributed by atoms with Crippen molar-refractivity contribution < 1.29 is 9.90 Å². The number of hydrogen-bond donors (Lipinski definition) is 4. The monoisotopic (exact) mass is 133 g/mol. The molecular formula is C4H11N3O2. The van der Waals surface area contributed by atoms with E-state index in [1.165, 1.54) is 6.92 Å². The summed E-state index contributed by atoms with van der Waals surface area (Å²) in [7, 11) is 0. The van der Waals surface area contributed by atoms with Gasteiger partial charge in [0.05, 0.1) is 6.54 Å². The Hall–Kier alpha value is -0.650. The van der Waals surface area contributed by atoms with Gasteiger partial charge in [-0.15, -0.1) is 0 Å². The third-order valence-electron chi connectivity index (χ3n) is 0.621. The third-order valence-corrected chi connectivity index (χ3v) is 0.621. The second kappa shape index (κ2) is 2.77. The first-order chi connectivity index (χ1) is 3.92. The summed E-state index contributed by atoms with van der Waals surface area (Å²) in [4.78, 5) is 9.87. The van der Waals surface area contributed by atoms with Gasteiger partial charge in [0.25, 0.3) is 0 Å². The van der Waals surface area contributed by atoms with Gasteiger partial charge in [-0.25, -0.2) is 0 Å². The minimum atomic E-state index is -1.10. The van der Waals surface area contributed by atoms with Crippen LogP contribution in [0, 0.1) is 0 Å². The molecule has 9 heavy (non-hydrogen) atoms. The molecule has 0 heterocycles. The molecule has 0 bridgehead atoms. The van der Waals surface area contributed by atoms with Crippen molar-refractivity contribution in [2.24, 2.45) is 11.5 Å². The van der Waals surface area contributed by atoms with Crippen LogP contribution in [-0.2, 0) is 4.79 Å². The zero-order chi connectivity index (χ0) is 7.49. The van der Waals surface area contributed by atoms with Gasteiger partial charge >= 0.3 is 5.97 Å². The van der Waals surface area contributed by atoms with Gasteiger partial charge in [-0.2, -0.15) is 0 Å². The molecule has 54 valence electrons. The third kappa shape index (κ3) is 7.35. The van der Waals surface area contributed by atoms with E-state index in [1.807, 2.05) is 0 Å². The van der Waals surface area contributed by atoms with Crippen LogP contribution in [0.1, 0.15) is 6.92 Å². The van der Waals surface area contributed by atoms with Crippen molar-refractivity contribution in [3.8, 4) is 0 Å². The average Bonchev–Trinajstić information content (AvgIpc) is 1.59. The van der Waals surface area contributed by atoms with Crippen molar-refractivity contribution in [3.05, 3.63) is 0 Å². The molecule has 0 saturated carbocycles. The smallest absolute Gasteiger partial charge is 0.317 e. The van der Waals surface area contributed by atoms with Crippen LogP contribution in [-0.4, -0.2) is 23.4 Å². The Balaban J connectivity index is 3.39. The van der Waals surface area contributed by atoms with Crippen molar-refractivity contribution in [2.75, 3.05) is 6.54 Å². The van der Waals surface area contributed by atoms with Crippen molar-refractivity contribution in [1.29, 1.82) is 0 Å². The Morgan fingerprint density at radius 2 is 2.22 bits per heavy atom. The molecule has 0 fully saturated rings. The summed E-state index contributed by atoms with van der Waals surface area (Å²) >= 11 is 0. The predicted octanol–water partition coefficient (Wildman–Crippen LogP) is -1.75. The molecule has 0 aliphatic rings. The molecule has 0 aliphatic carbocycles. The number of carboxylic acids is 1. The molecule has 0 atom stereocenters. The number of hydrogen-bond acceptors (Lipinski definition) is 4. The molecule has 6 N–H and O–H groups in total. The van der Waals surface area contributed by atoms with Crippen LogP contribution in [0.15, 0.2) is 0 Å². The maximum Gasteiger partial charge on any atom is 0.317 e. The van der Waals surface area contributed by atoms with E-state index < -0.39 is 11.8 Å². The van der Waals surface area contributed by atoms with Crippen LogP contribution in [0.25, 0.3) is 0 Å². The van der Waals surface area contributed by atoms with Gasteiger partial charge in [-0.05, 0) is 6.92 Å². The van der Waals surface area contributed by atoms with Crippen molar-refractivity contribution in [1.82, 2.24) is 5.32 Å². The van der Waals surface area contributed by atoms with E-state index in [0.717, 1.165) is 0 Å². The Morgan fingerprint density at radius 1 is 1.78 bits per heavy atom. The standard InChI is InChI=1S/C4H11N3O2/c1-4(5,6)7-2-3(8)9/h7H,2,5-6H2,1H3,(H,8,9). The van der Waals surface area contributed by atoms with Crippen LogP contribution < -0.4 is 16.8 Å². The Morgan fingerprint density at radius 3 is 2.33 bits per heavy atom. The van der Waals surface area contributed by atoms with E-state index in [-0.39, 0.29) is 6.54 Å². The summed E-state index contributed by atoms with van der Waals surface area (Å²) in [6, 6.07) is 0. The van der Waals surface area contributed by atoms with E-state index >= 15 is 0 Å². The zero-order valence-electron chi connectivity index (χ0n) is 5.22. The lowest BCUT2D eigenvalue weighted by Gasteiger charge is -2.18. The average molecular weight is 133 g/mol.